The highest BCUT2D eigenvalue weighted by Crippen LogP contribution is 2.15. The third-order valence-corrected chi connectivity index (χ3v) is 1.84. The molecule has 0 bridgehead atoms. The van der Waals surface area contributed by atoms with Crippen molar-refractivity contribution in [2.45, 2.75) is 39.0 Å². The van der Waals surface area contributed by atoms with Gasteiger partial charge in [0.15, 0.2) is 0 Å². The summed E-state index contributed by atoms with van der Waals surface area (Å²) in [4.78, 5) is 10.3. The zero-order valence-electron chi connectivity index (χ0n) is 7.18. The number of hydrogen-bond acceptors (Lipinski definition) is 1. The van der Waals surface area contributed by atoms with Crippen LogP contribution in [-0.4, -0.2) is 11.1 Å². The molecule has 65 valence electrons. The third-order valence-electron chi connectivity index (χ3n) is 1.84. The Morgan fingerprint density at radius 3 is 2.64 bits per heavy atom. The van der Waals surface area contributed by atoms with Crippen LogP contribution >= 0.6 is 0 Å². The highest BCUT2D eigenvalue weighted by Gasteiger charge is 2.09. The van der Waals surface area contributed by atoms with E-state index in [9.17, 15) is 4.79 Å². The molecular formula is C9H17O2. The van der Waals surface area contributed by atoms with Crippen molar-refractivity contribution in [3.8, 4) is 0 Å². The minimum absolute atomic E-state index is 0.281. The van der Waals surface area contributed by atoms with Crippen LogP contribution in [0, 0.1) is 12.8 Å². The highest BCUT2D eigenvalue weighted by molar-refractivity contribution is 5.66. The fourth-order valence-corrected chi connectivity index (χ4v) is 1.09. The molecule has 0 aliphatic carbocycles. The van der Waals surface area contributed by atoms with Crippen molar-refractivity contribution in [3.63, 3.8) is 0 Å². The van der Waals surface area contributed by atoms with Crippen molar-refractivity contribution in [2.75, 3.05) is 0 Å². The number of unbranched alkanes of at least 4 members (excludes halogenated alkanes) is 1. The Balaban J connectivity index is 3.49. The maximum absolute atomic E-state index is 10.3. The van der Waals surface area contributed by atoms with E-state index in [1.54, 1.807) is 0 Å². The third kappa shape index (κ3) is 5.89. The number of hydrogen-bond donors (Lipinski definition) is 1. The number of carbonyl (C=O) groups is 1. The average Bonchev–Trinajstić information content (AvgIpc) is 1.97. The summed E-state index contributed by atoms with van der Waals surface area (Å²) in [6, 6.07) is 0. The first kappa shape index (κ1) is 10.5. The SMILES string of the molecule is [CH2]CC(CCCC)CC(=O)O. The normalized spacial score (nSPS) is 12.9. The van der Waals surface area contributed by atoms with E-state index < -0.39 is 5.97 Å². The Morgan fingerprint density at radius 2 is 2.27 bits per heavy atom. The van der Waals surface area contributed by atoms with Gasteiger partial charge in [0.25, 0.3) is 0 Å². The van der Waals surface area contributed by atoms with Gasteiger partial charge in [0, 0.05) is 6.42 Å². The van der Waals surface area contributed by atoms with Gasteiger partial charge in [-0.2, -0.15) is 0 Å². The van der Waals surface area contributed by atoms with Crippen LogP contribution in [0.5, 0.6) is 0 Å². The van der Waals surface area contributed by atoms with Gasteiger partial charge in [-0.3, -0.25) is 4.79 Å². The lowest BCUT2D eigenvalue weighted by Gasteiger charge is -2.10. The van der Waals surface area contributed by atoms with Crippen LogP contribution in [0.1, 0.15) is 39.0 Å². The van der Waals surface area contributed by atoms with Gasteiger partial charge in [-0.05, 0) is 18.8 Å². The van der Waals surface area contributed by atoms with Crippen molar-refractivity contribution in [1.29, 1.82) is 0 Å². The second kappa shape index (κ2) is 6.20. The standard InChI is InChI=1S/C9H17O2/c1-3-5-6-8(4-2)7-9(10)11/h8H,2-7H2,1H3,(H,10,11). The van der Waals surface area contributed by atoms with Gasteiger partial charge in [0.2, 0.25) is 0 Å². The van der Waals surface area contributed by atoms with E-state index in [-0.39, 0.29) is 12.3 Å². The van der Waals surface area contributed by atoms with Crippen molar-refractivity contribution >= 4 is 5.97 Å². The first-order valence-electron chi connectivity index (χ1n) is 4.21. The lowest BCUT2D eigenvalue weighted by molar-refractivity contribution is -0.138. The van der Waals surface area contributed by atoms with Crippen molar-refractivity contribution in [1.82, 2.24) is 0 Å². The molecule has 0 saturated carbocycles. The van der Waals surface area contributed by atoms with Crippen LogP contribution in [-0.2, 0) is 4.79 Å². The monoisotopic (exact) mass is 157 g/mol. The maximum Gasteiger partial charge on any atom is 0.303 e. The first-order chi connectivity index (χ1) is 5.20. The molecule has 0 aliphatic heterocycles. The maximum atomic E-state index is 10.3. The van der Waals surface area contributed by atoms with E-state index >= 15 is 0 Å². The zero-order valence-corrected chi connectivity index (χ0v) is 7.18. The zero-order chi connectivity index (χ0) is 8.69. The lowest BCUT2D eigenvalue weighted by atomic mass is 9.96. The van der Waals surface area contributed by atoms with Crippen molar-refractivity contribution in [2.24, 2.45) is 5.92 Å². The van der Waals surface area contributed by atoms with Crippen LogP contribution in [0.25, 0.3) is 0 Å². The molecule has 0 rings (SSSR count). The van der Waals surface area contributed by atoms with Gasteiger partial charge in [-0.15, -0.1) is 0 Å². The molecule has 1 atom stereocenters. The van der Waals surface area contributed by atoms with E-state index in [2.05, 4.69) is 13.8 Å². The predicted molar refractivity (Wildman–Crippen MR) is 45.2 cm³/mol. The number of rotatable bonds is 6. The van der Waals surface area contributed by atoms with E-state index in [1.807, 2.05) is 0 Å². The summed E-state index contributed by atoms with van der Waals surface area (Å²) in [7, 11) is 0. The minimum Gasteiger partial charge on any atom is -0.481 e. The quantitative estimate of drug-likeness (QED) is 0.643. The summed E-state index contributed by atoms with van der Waals surface area (Å²) in [6.07, 6.45) is 4.28. The largest absolute Gasteiger partial charge is 0.481 e. The molecule has 11 heavy (non-hydrogen) atoms. The Hall–Kier alpha value is -0.530. The second-order valence-corrected chi connectivity index (χ2v) is 2.89. The summed E-state index contributed by atoms with van der Waals surface area (Å²) in [5.41, 5.74) is 0. The first-order valence-corrected chi connectivity index (χ1v) is 4.21. The Labute approximate surface area is 68.6 Å². The van der Waals surface area contributed by atoms with Crippen LogP contribution in [0.3, 0.4) is 0 Å². The lowest BCUT2D eigenvalue weighted by Crippen LogP contribution is -2.06. The molecule has 0 spiro atoms. The summed E-state index contributed by atoms with van der Waals surface area (Å²) in [6.45, 7) is 5.84. The summed E-state index contributed by atoms with van der Waals surface area (Å²) in [5, 5.41) is 8.49. The number of carboxylic acids is 1. The molecule has 0 aromatic carbocycles. The molecule has 0 saturated heterocycles. The Bertz CT molecular complexity index is 110. The van der Waals surface area contributed by atoms with Crippen LogP contribution < -0.4 is 0 Å². The van der Waals surface area contributed by atoms with E-state index in [1.165, 1.54) is 0 Å². The smallest absolute Gasteiger partial charge is 0.303 e. The van der Waals surface area contributed by atoms with Gasteiger partial charge >= 0.3 is 5.97 Å². The molecule has 0 aliphatic rings. The minimum atomic E-state index is -0.699. The van der Waals surface area contributed by atoms with Gasteiger partial charge in [-0.25, -0.2) is 0 Å². The average molecular weight is 157 g/mol. The summed E-state index contributed by atoms with van der Waals surface area (Å²) in [5.74, 6) is -0.415. The molecule has 2 nitrogen and oxygen atoms in total. The highest BCUT2D eigenvalue weighted by atomic mass is 16.4. The van der Waals surface area contributed by atoms with Crippen molar-refractivity contribution in [3.05, 3.63) is 6.92 Å². The van der Waals surface area contributed by atoms with Gasteiger partial charge in [-0.1, -0.05) is 26.7 Å². The molecule has 1 N–H and O–H groups in total. The molecule has 2 heteroatoms. The molecule has 0 amide bonds. The molecule has 1 radical (unpaired) electrons. The fourth-order valence-electron chi connectivity index (χ4n) is 1.09. The fraction of sp³-hybridized carbons (Fsp3) is 0.778. The molecule has 0 fully saturated rings. The summed E-state index contributed by atoms with van der Waals surface area (Å²) >= 11 is 0. The van der Waals surface area contributed by atoms with Crippen LogP contribution in [0.4, 0.5) is 0 Å². The number of carboxylic acid groups (broad SMARTS) is 1. The van der Waals surface area contributed by atoms with E-state index in [0.717, 1.165) is 25.7 Å². The predicted octanol–water partition coefficient (Wildman–Crippen LogP) is 2.49. The molecular weight excluding hydrogens is 140 g/mol. The second-order valence-electron chi connectivity index (χ2n) is 2.89. The molecule has 0 aromatic rings. The number of aliphatic carboxylic acids is 1. The van der Waals surface area contributed by atoms with Gasteiger partial charge in [0.05, 0.1) is 0 Å². The van der Waals surface area contributed by atoms with Crippen LogP contribution in [0.2, 0.25) is 0 Å². The van der Waals surface area contributed by atoms with E-state index in [0.29, 0.717) is 0 Å². The topological polar surface area (TPSA) is 37.3 Å². The Kier molecular flexibility index (Phi) is 5.90. The van der Waals surface area contributed by atoms with E-state index in [4.69, 9.17) is 5.11 Å². The molecule has 0 heterocycles. The molecule has 1 unspecified atom stereocenters. The van der Waals surface area contributed by atoms with Gasteiger partial charge in [0.1, 0.15) is 0 Å². The Morgan fingerprint density at radius 1 is 1.64 bits per heavy atom. The van der Waals surface area contributed by atoms with Crippen LogP contribution in [0.15, 0.2) is 0 Å². The summed E-state index contributed by atoms with van der Waals surface area (Å²) < 4.78 is 0. The van der Waals surface area contributed by atoms with Gasteiger partial charge < -0.3 is 5.11 Å². The molecule has 0 aromatic heterocycles. The van der Waals surface area contributed by atoms with Crippen molar-refractivity contribution < 1.29 is 9.90 Å².